The molecule has 1 aromatic rings. The lowest BCUT2D eigenvalue weighted by Gasteiger charge is -1.84. The fraction of sp³-hybridized carbons (Fsp3) is 0. The largest absolute Gasteiger partial charge is 0.413 e. The van der Waals surface area contributed by atoms with Crippen molar-refractivity contribution in [3.63, 3.8) is 0 Å². The molecule has 0 aliphatic heterocycles. The van der Waals surface area contributed by atoms with Gasteiger partial charge in [0.05, 0.1) is 0 Å². The van der Waals surface area contributed by atoms with E-state index in [1.807, 2.05) is 0 Å². The Morgan fingerprint density at radius 3 is 2.89 bits per heavy atom. The molecule has 0 radical (unpaired) electrons. The topological polar surface area (TPSA) is 39.4 Å². The molecule has 0 atom stereocenters. The molecule has 0 aliphatic carbocycles. The second-order valence-corrected chi connectivity index (χ2v) is 1.65. The molecule has 0 spiro atoms. The summed E-state index contributed by atoms with van der Waals surface area (Å²) in [5, 5.41) is 0.201. The van der Waals surface area contributed by atoms with Gasteiger partial charge in [0, 0.05) is 12.1 Å². The normalized spacial score (nSPS) is 9.00. The highest BCUT2D eigenvalue weighted by molar-refractivity contribution is 6.28. The van der Waals surface area contributed by atoms with Gasteiger partial charge < -0.3 is 9.15 Å². The lowest BCUT2D eigenvalue weighted by Crippen LogP contribution is -1.83. The molecular weight excluding hydrogens is 144 g/mol. The van der Waals surface area contributed by atoms with Gasteiger partial charge in [-0.25, -0.2) is 0 Å². The predicted octanol–water partition coefficient (Wildman–Crippen LogP) is 1.47. The highest BCUT2D eigenvalue weighted by Gasteiger charge is 1.96. The van der Waals surface area contributed by atoms with E-state index in [1.165, 1.54) is 12.1 Å². The molecule has 0 bridgehead atoms. The van der Waals surface area contributed by atoms with Crippen molar-refractivity contribution in [2.45, 2.75) is 0 Å². The summed E-state index contributed by atoms with van der Waals surface area (Å²) < 4.78 is 8.93. The first-order valence-electron chi connectivity index (χ1n) is 2.18. The summed E-state index contributed by atoms with van der Waals surface area (Å²) in [6.07, 6.45) is 0. The van der Waals surface area contributed by atoms with Crippen LogP contribution in [0.5, 0.6) is 5.95 Å². The minimum atomic E-state index is 0.106. The monoisotopic (exact) mass is 146 g/mol. The van der Waals surface area contributed by atoms with Crippen molar-refractivity contribution in [1.82, 2.24) is 0 Å². The van der Waals surface area contributed by atoms with Crippen molar-refractivity contribution in [1.29, 1.82) is 0 Å². The minimum absolute atomic E-state index is 0.106. The number of hydrogen-bond donors (Lipinski definition) is 0. The van der Waals surface area contributed by atoms with Crippen LogP contribution in [0.2, 0.25) is 5.22 Å². The van der Waals surface area contributed by atoms with Crippen LogP contribution in [-0.2, 0) is 4.79 Å². The molecule has 0 aliphatic rings. The SMILES string of the molecule is O=COc1ccc(Cl)o1. The van der Waals surface area contributed by atoms with Gasteiger partial charge >= 0.3 is 6.47 Å². The molecular formula is C5H3ClO3. The zero-order valence-electron chi connectivity index (χ0n) is 4.33. The van der Waals surface area contributed by atoms with Crippen LogP contribution >= 0.6 is 11.6 Å². The van der Waals surface area contributed by atoms with Gasteiger partial charge in [-0.05, 0) is 11.6 Å². The molecule has 4 heteroatoms. The maximum Gasteiger partial charge on any atom is 0.300 e. The summed E-state index contributed by atoms with van der Waals surface area (Å²) >= 11 is 5.33. The van der Waals surface area contributed by atoms with Gasteiger partial charge in [0.25, 0.3) is 5.95 Å². The van der Waals surface area contributed by atoms with Crippen LogP contribution in [0, 0.1) is 0 Å². The molecule has 9 heavy (non-hydrogen) atoms. The van der Waals surface area contributed by atoms with Crippen molar-refractivity contribution in [3.8, 4) is 5.95 Å². The quantitative estimate of drug-likeness (QED) is 0.593. The molecule has 0 fully saturated rings. The zero-order chi connectivity index (χ0) is 6.69. The third kappa shape index (κ3) is 1.47. The summed E-state index contributed by atoms with van der Waals surface area (Å²) in [7, 11) is 0. The second kappa shape index (κ2) is 2.55. The van der Waals surface area contributed by atoms with Gasteiger partial charge in [0.15, 0.2) is 5.22 Å². The first-order chi connectivity index (χ1) is 4.33. The molecule has 0 saturated carbocycles. The smallest absolute Gasteiger partial charge is 0.300 e. The maximum absolute atomic E-state index is 9.66. The van der Waals surface area contributed by atoms with Crippen LogP contribution in [0.15, 0.2) is 16.5 Å². The molecule has 0 saturated heterocycles. The van der Waals surface area contributed by atoms with Crippen molar-refractivity contribution in [3.05, 3.63) is 17.4 Å². The first-order valence-corrected chi connectivity index (χ1v) is 2.56. The average molecular weight is 147 g/mol. The average Bonchev–Trinajstić information content (AvgIpc) is 2.17. The Labute approximate surface area is 56.2 Å². The minimum Gasteiger partial charge on any atom is -0.413 e. The Balaban J connectivity index is 2.72. The fourth-order valence-electron chi connectivity index (χ4n) is 0.408. The van der Waals surface area contributed by atoms with Crippen LogP contribution in [0.25, 0.3) is 0 Å². The van der Waals surface area contributed by atoms with Crippen molar-refractivity contribution < 1.29 is 13.9 Å². The fourth-order valence-corrected chi connectivity index (χ4v) is 0.547. The lowest BCUT2D eigenvalue weighted by molar-refractivity contribution is -0.121. The van der Waals surface area contributed by atoms with E-state index in [0.29, 0.717) is 0 Å². The third-order valence-electron chi connectivity index (χ3n) is 0.713. The van der Waals surface area contributed by atoms with E-state index in [-0.39, 0.29) is 17.6 Å². The Morgan fingerprint density at radius 2 is 2.44 bits per heavy atom. The molecule has 0 amide bonds. The van der Waals surface area contributed by atoms with E-state index in [1.54, 1.807) is 0 Å². The van der Waals surface area contributed by atoms with E-state index in [4.69, 9.17) is 11.6 Å². The van der Waals surface area contributed by atoms with Gasteiger partial charge in [-0.15, -0.1) is 0 Å². The summed E-state index contributed by atoms with van der Waals surface area (Å²) in [6.45, 7) is 0.273. The number of hydrogen-bond acceptors (Lipinski definition) is 3. The van der Waals surface area contributed by atoms with Crippen LogP contribution < -0.4 is 4.74 Å². The van der Waals surface area contributed by atoms with Crippen LogP contribution in [-0.4, -0.2) is 6.47 Å². The van der Waals surface area contributed by atoms with Crippen molar-refractivity contribution in [2.75, 3.05) is 0 Å². The molecule has 0 aromatic carbocycles. The van der Waals surface area contributed by atoms with Crippen LogP contribution in [0.1, 0.15) is 0 Å². The number of furan rings is 1. The summed E-state index contributed by atoms with van der Waals surface area (Å²) in [5.41, 5.74) is 0. The van der Waals surface area contributed by atoms with Crippen molar-refractivity contribution >= 4 is 18.1 Å². The number of carbonyl (C=O) groups excluding carboxylic acids is 1. The highest BCUT2D eigenvalue weighted by Crippen LogP contribution is 2.18. The van der Waals surface area contributed by atoms with E-state index < -0.39 is 0 Å². The Morgan fingerprint density at radius 1 is 1.67 bits per heavy atom. The Bertz CT molecular complexity index is 206. The Hall–Kier alpha value is -0.960. The molecule has 0 N–H and O–H groups in total. The van der Waals surface area contributed by atoms with Crippen LogP contribution in [0.3, 0.4) is 0 Å². The number of halogens is 1. The summed E-state index contributed by atoms with van der Waals surface area (Å²) in [4.78, 5) is 9.66. The van der Waals surface area contributed by atoms with E-state index >= 15 is 0 Å². The highest BCUT2D eigenvalue weighted by atomic mass is 35.5. The van der Waals surface area contributed by atoms with Gasteiger partial charge in [0.1, 0.15) is 0 Å². The standard InChI is InChI=1S/C5H3ClO3/c6-4-1-2-5(9-4)8-3-7/h1-3H. The molecule has 3 nitrogen and oxygen atoms in total. The lowest BCUT2D eigenvalue weighted by atomic mass is 10.6. The second-order valence-electron chi connectivity index (χ2n) is 1.27. The van der Waals surface area contributed by atoms with E-state index in [0.717, 1.165) is 0 Å². The van der Waals surface area contributed by atoms with Gasteiger partial charge in [-0.2, -0.15) is 0 Å². The van der Waals surface area contributed by atoms with E-state index in [9.17, 15) is 4.79 Å². The zero-order valence-corrected chi connectivity index (χ0v) is 5.09. The summed E-state index contributed by atoms with van der Waals surface area (Å²) in [5.74, 6) is 0.106. The molecule has 1 rings (SSSR count). The predicted molar refractivity (Wildman–Crippen MR) is 30.4 cm³/mol. The molecule has 48 valence electrons. The molecule has 1 aromatic heterocycles. The first kappa shape index (κ1) is 6.16. The number of ether oxygens (including phenoxy) is 1. The number of carbonyl (C=O) groups is 1. The summed E-state index contributed by atoms with van der Waals surface area (Å²) in [6, 6.07) is 2.94. The van der Waals surface area contributed by atoms with Gasteiger partial charge in [-0.3, -0.25) is 4.79 Å². The Kier molecular flexibility index (Phi) is 1.75. The van der Waals surface area contributed by atoms with E-state index in [2.05, 4.69) is 9.15 Å². The number of rotatable bonds is 2. The van der Waals surface area contributed by atoms with Crippen LogP contribution in [0.4, 0.5) is 0 Å². The molecule has 0 unspecified atom stereocenters. The van der Waals surface area contributed by atoms with Gasteiger partial charge in [-0.1, -0.05) is 0 Å². The third-order valence-corrected chi connectivity index (χ3v) is 0.916. The van der Waals surface area contributed by atoms with Crippen molar-refractivity contribution in [2.24, 2.45) is 0 Å². The maximum atomic E-state index is 9.66. The van der Waals surface area contributed by atoms with Gasteiger partial charge in [0.2, 0.25) is 0 Å². The molecule has 1 heterocycles.